The lowest BCUT2D eigenvalue weighted by Gasteiger charge is -2.06. The first-order valence-corrected chi connectivity index (χ1v) is 6.12. The summed E-state index contributed by atoms with van der Waals surface area (Å²) in [4.78, 5) is 11.7. The van der Waals surface area contributed by atoms with Crippen LogP contribution in [0.4, 0.5) is 5.82 Å². The Bertz CT molecular complexity index is 519. The third kappa shape index (κ3) is 2.77. The number of H-pyrrole nitrogens is 1. The summed E-state index contributed by atoms with van der Waals surface area (Å²) in [5.41, 5.74) is 1.95. The van der Waals surface area contributed by atoms with Crippen LogP contribution in [-0.4, -0.2) is 16.1 Å². The number of aromatic amines is 1. The van der Waals surface area contributed by atoms with Crippen LogP contribution in [0.15, 0.2) is 36.4 Å². The number of nitrogens with zero attached hydrogens (tertiary/aromatic N) is 1. The Morgan fingerprint density at radius 3 is 2.78 bits per heavy atom. The minimum Gasteiger partial charge on any atom is -0.309 e. The lowest BCUT2D eigenvalue weighted by molar-refractivity contribution is -0.119. The second-order valence-electron chi connectivity index (χ2n) is 4.33. The fourth-order valence-corrected chi connectivity index (χ4v) is 1.59. The molecule has 4 nitrogen and oxygen atoms in total. The number of benzene rings is 1. The number of rotatable bonds is 4. The van der Waals surface area contributed by atoms with E-state index in [9.17, 15) is 4.79 Å². The number of anilines is 1. The van der Waals surface area contributed by atoms with Gasteiger partial charge in [0.25, 0.3) is 0 Å². The van der Waals surface area contributed by atoms with Gasteiger partial charge in [0.05, 0.1) is 5.69 Å². The van der Waals surface area contributed by atoms with Gasteiger partial charge in [-0.3, -0.25) is 9.89 Å². The maximum absolute atomic E-state index is 11.7. The summed E-state index contributed by atoms with van der Waals surface area (Å²) in [6, 6.07) is 11.7. The standard InChI is InChI=1S/C14H17N3O/c1-3-10(2)14(18)15-13-9-12(16-17-13)11-7-5-4-6-8-11/h4-10H,3H2,1-2H3,(H2,15,16,17,18). The van der Waals surface area contributed by atoms with Gasteiger partial charge in [-0.2, -0.15) is 5.10 Å². The van der Waals surface area contributed by atoms with Gasteiger partial charge in [0.15, 0.2) is 5.82 Å². The molecule has 2 rings (SSSR count). The second kappa shape index (κ2) is 5.49. The molecule has 1 aromatic heterocycles. The number of carbonyl (C=O) groups is 1. The summed E-state index contributed by atoms with van der Waals surface area (Å²) >= 11 is 0. The van der Waals surface area contributed by atoms with Gasteiger partial charge >= 0.3 is 0 Å². The molecule has 1 heterocycles. The van der Waals surface area contributed by atoms with Crippen LogP contribution >= 0.6 is 0 Å². The molecule has 0 bridgehead atoms. The zero-order valence-electron chi connectivity index (χ0n) is 10.6. The molecule has 0 aliphatic carbocycles. The minimum absolute atomic E-state index is 0.00174. The number of hydrogen-bond donors (Lipinski definition) is 2. The Labute approximate surface area is 106 Å². The SMILES string of the molecule is CCC(C)C(=O)Nc1cc(-c2ccccc2)[nH]n1. The molecule has 0 aliphatic heterocycles. The van der Waals surface area contributed by atoms with Crippen molar-refractivity contribution in [2.75, 3.05) is 5.32 Å². The maximum Gasteiger partial charge on any atom is 0.228 e. The Morgan fingerprint density at radius 2 is 2.11 bits per heavy atom. The van der Waals surface area contributed by atoms with Gasteiger partial charge in [0, 0.05) is 12.0 Å². The van der Waals surface area contributed by atoms with Crippen molar-refractivity contribution in [2.24, 2.45) is 5.92 Å². The van der Waals surface area contributed by atoms with Crippen LogP contribution in [0, 0.1) is 5.92 Å². The van der Waals surface area contributed by atoms with E-state index in [4.69, 9.17) is 0 Å². The molecular formula is C14H17N3O. The largest absolute Gasteiger partial charge is 0.309 e. The summed E-state index contributed by atoms with van der Waals surface area (Å²) in [7, 11) is 0. The highest BCUT2D eigenvalue weighted by molar-refractivity contribution is 5.91. The second-order valence-corrected chi connectivity index (χ2v) is 4.33. The molecule has 0 spiro atoms. The lowest BCUT2D eigenvalue weighted by Crippen LogP contribution is -2.19. The highest BCUT2D eigenvalue weighted by atomic mass is 16.1. The van der Waals surface area contributed by atoms with E-state index in [1.807, 2.05) is 50.2 Å². The van der Waals surface area contributed by atoms with Crippen molar-refractivity contribution < 1.29 is 4.79 Å². The molecule has 1 amide bonds. The molecule has 2 N–H and O–H groups in total. The zero-order chi connectivity index (χ0) is 13.0. The van der Waals surface area contributed by atoms with Gasteiger partial charge in [0.1, 0.15) is 0 Å². The molecule has 0 radical (unpaired) electrons. The van der Waals surface area contributed by atoms with E-state index >= 15 is 0 Å². The van der Waals surface area contributed by atoms with Crippen molar-refractivity contribution in [2.45, 2.75) is 20.3 Å². The summed E-state index contributed by atoms with van der Waals surface area (Å²) in [6.45, 7) is 3.89. The Balaban J connectivity index is 2.10. The van der Waals surface area contributed by atoms with E-state index in [0.29, 0.717) is 5.82 Å². The fourth-order valence-electron chi connectivity index (χ4n) is 1.59. The molecule has 2 aromatic rings. The number of carbonyl (C=O) groups excluding carboxylic acids is 1. The summed E-state index contributed by atoms with van der Waals surface area (Å²) in [5, 5.41) is 9.81. The Kier molecular flexibility index (Phi) is 3.77. The van der Waals surface area contributed by atoms with Crippen molar-refractivity contribution in [3.63, 3.8) is 0 Å². The van der Waals surface area contributed by atoms with Crippen molar-refractivity contribution in [1.82, 2.24) is 10.2 Å². The first-order valence-electron chi connectivity index (χ1n) is 6.12. The van der Waals surface area contributed by atoms with Crippen LogP contribution in [0.3, 0.4) is 0 Å². The van der Waals surface area contributed by atoms with Crippen LogP contribution < -0.4 is 5.32 Å². The lowest BCUT2D eigenvalue weighted by atomic mass is 10.1. The smallest absolute Gasteiger partial charge is 0.228 e. The number of aromatic nitrogens is 2. The average Bonchev–Trinajstić information content (AvgIpc) is 2.87. The van der Waals surface area contributed by atoms with E-state index in [1.54, 1.807) is 0 Å². The normalized spacial score (nSPS) is 12.1. The molecule has 0 saturated heterocycles. The van der Waals surface area contributed by atoms with Gasteiger partial charge in [-0.05, 0) is 12.0 Å². The average molecular weight is 243 g/mol. The molecule has 0 fully saturated rings. The van der Waals surface area contributed by atoms with Crippen LogP contribution in [-0.2, 0) is 4.79 Å². The van der Waals surface area contributed by atoms with Crippen LogP contribution in [0.5, 0.6) is 0 Å². The van der Waals surface area contributed by atoms with E-state index in [1.165, 1.54) is 0 Å². The molecule has 1 aromatic carbocycles. The minimum atomic E-state index is 0.00174. The first-order chi connectivity index (χ1) is 8.70. The summed E-state index contributed by atoms with van der Waals surface area (Å²) < 4.78 is 0. The van der Waals surface area contributed by atoms with Gasteiger partial charge in [0.2, 0.25) is 5.91 Å². The molecule has 0 aliphatic rings. The third-order valence-electron chi connectivity index (χ3n) is 2.97. The van der Waals surface area contributed by atoms with Crippen molar-refractivity contribution >= 4 is 11.7 Å². The predicted octanol–water partition coefficient (Wildman–Crippen LogP) is 3.06. The van der Waals surface area contributed by atoms with Crippen LogP contribution in [0.2, 0.25) is 0 Å². The fraction of sp³-hybridized carbons (Fsp3) is 0.286. The highest BCUT2D eigenvalue weighted by Crippen LogP contribution is 2.19. The van der Waals surface area contributed by atoms with Crippen molar-refractivity contribution in [3.8, 4) is 11.3 Å². The van der Waals surface area contributed by atoms with Crippen molar-refractivity contribution in [3.05, 3.63) is 36.4 Å². The molecule has 0 saturated carbocycles. The Hall–Kier alpha value is -2.10. The summed E-state index contributed by atoms with van der Waals surface area (Å²) in [6.07, 6.45) is 0.821. The predicted molar refractivity (Wildman–Crippen MR) is 72.1 cm³/mol. The molecule has 18 heavy (non-hydrogen) atoms. The number of hydrogen-bond acceptors (Lipinski definition) is 2. The molecular weight excluding hydrogens is 226 g/mol. The van der Waals surface area contributed by atoms with Gasteiger partial charge in [-0.25, -0.2) is 0 Å². The van der Waals surface area contributed by atoms with Crippen LogP contribution in [0.1, 0.15) is 20.3 Å². The molecule has 4 heteroatoms. The number of amides is 1. The van der Waals surface area contributed by atoms with E-state index < -0.39 is 0 Å². The molecule has 1 unspecified atom stereocenters. The van der Waals surface area contributed by atoms with Crippen molar-refractivity contribution in [1.29, 1.82) is 0 Å². The first kappa shape index (κ1) is 12.4. The monoisotopic (exact) mass is 243 g/mol. The van der Waals surface area contributed by atoms with Gasteiger partial charge < -0.3 is 5.32 Å². The third-order valence-corrected chi connectivity index (χ3v) is 2.97. The highest BCUT2D eigenvalue weighted by Gasteiger charge is 2.12. The zero-order valence-corrected chi connectivity index (χ0v) is 10.6. The van der Waals surface area contributed by atoms with E-state index in [0.717, 1.165) is 17.7 Å². The molecule has 94 valence electrons. The quantitative estimate of drug-likeness (QED) is 0.867. The Morgan fingerprint density at radius 1 is 1.39 bits per heavy atom. The van der Waals surface area contributed by atoms with Gasteiger partial charge in [-0.1, -0.05) is 44.2 Å². The van der Waals surface area contributed by atoms with E-state index in [-0.39, 0.29) is 11.8 Å². The van der Waals surface area contributed by atoms with E-state index in [2.05, 4.69) is 15.5 Å². The number of nitrogens with one attached hydrogen (secondary N) is 2. The van der Waals surface area contributed by atoms with Crippen LogP contribution in [0.25, 0.3) is 11.3 Å². The summed E-state index contributed by atoms with van der Waals surface area (Å²) in [5.74, 6) is 0.574. The topological polar surface area (TPSA) is 57.8 Å². The maximum atomic E-state index is 11.7. The molecule has 1 atom stereocenters. The van der Waals surface area contributed by atoms with Gasteiger partial charge in [-0.15, -0.1) is 0 Å².